The third-order valence-corrected chi connectivity index (χ3v) is 5.25. The van der Waals surface area contributed by atoms with Gasteiger partial charge in [0.25, 0.3) is 5.91 Å². The summed E-state index contributed by atoms with van der Waals surface area (Å²) >= 11 is 0. The third-order valence-electron chi connectivity index (χ3n) is 5.25. The minimum absolute atomic E-state index is 0.141. The lowest BCUT2D eigenvalue weighted by Crippen LogP contribution is -2.23. The topological polar surface area (TPSA) is 82.7 Å². The molecule has 0 aliphatic heterocycles. The van der Waals surface area contributed by atoms with Gasteiger partial charge in [-0.15, -0.1) is 0 Å². The van der Waals surface area contributed by atoms with E-state index >= 15 is 0 Å². The molecule has 3 aromatic rings. The average Bonchev–Trinajstić information content (AvgIpc) is 3.25. The molecule has 1 aliphatic rings. The Bertz CT molecular complexity index is 898. The lowest BCUT2D eigenvalue weighted by atomic mass is 9.87. The molecule has 3 N–H and O–H groups in total. The molecule has 1 amide bonds. The van der Waals surface area contributed by atoms with Crippen LogP contribution >= 0.6 is 0 Å². The van der Waals surface area contributed by atoms with Gasteiger partial charge in [0.2, 0.25) is 0 Å². The van der Waals surface area contributed by atoms with Crippen LogP contribution in [-0.2, 0) is 6.54 Å². The smallest absolute Gasteiger partial charge is 0.272 e. The van der Waals surface area contributed by atoms with Gasteiger partial charge < -0.3 is 10.6 Å². The van der Waals surface area contributed by atoms with Crippen LogP contribution in [0.5, 0.6) is 0 Å². The summed E-state index contributed by atoms with van der Waals surface area (Å²) in [7, 11) is 0. The predicted octanol–water partition coefficient (Wildman–Crippen LogP) is 4.53. The highest BCUT2D eigenvalue weighted by atomic mass is 16.1. The van der Waals surface area contributed by atoms with Crippen LogP contribution in [0.1, 0.15) is 59.8 Å². The minimum atomic E-state index is -0.141. The SMILES string of the molecule is O=C(NCc1ccc(Nc2ccncc2)cc1)c1cc(C2CCCCC2)[nH]n1. The van der Waals surface area contributed by atoms with Crippen molar-refractivity contribution in [3.63, 3.8) is 0 Å². The number of anilines is 2. The van der Waals surface area contributed by atoms with Crippen molar-refractivity contribution in [3.05, 3.63) is 71.8 Å². The first kappa shape index (κ1) is 18.2. The Kier molecular flexibility index (Phi) is 5.66. The van der Waals surface area contributed by atoms with Crippen LogP contribution in [0.2, 0.25) is 0 Å². The second-order valence-electron chi connectivity index (χ2n) is 7.28. The first-order valence-corrected chi connectivity index (χ1v) is 9.87. The van der Waals surface area contributed by atoms with Gasteiger partial charge in [-0.1, -0.05) is 31.4 Å². The average molecular weight is 375 g/mol. The summed E-state index contributed by atoms with van der Waals surface area (Å²) in [6, 6.07) is 13.7. The number of hydrogen-bond acceptors (Lipinski definition) is 4. The number of rotatable bonds is 6. The number of aromatic nitrogens is 3. The van der Waals surface area contributed by atoms with Gasteiger partial charge in [-0.05, 0) is 48.7 Å². The van der Waals surface area contributed by atoms with E-state index in [1.54, 1.807) is 12.4 Å². The predicted molar refractivity (Wildman–Crippen MR) is 110 cm³/mol. The highest BCUT2D eigenvalue weighted by molar-refractivity contribution is 5.92. The number of amides is 1. The van der Waals surface area contributed by atoms with E-state index in [0.29, 0.717) is 18.2 Å². The third kappa shape index (κ3) is 4.57. The molecule has 144 valence electrons. The van der Waals surface area contributed by atoms with Gasteiger partial charge in [0.05, 0.1) is 0 Å². The van der Waals surface area contributed by atoms with E-state index in [4.69, 9.17) is 0 Å². The Hall–Kier alpha value is -3.15. The molecule has 6 nitrogen and oxygen atoms in total. The molecule has 1 fully saturated rings. The van der Waals surface area contributed by atoms with Crippen LogP contribution in [0.4, 0.5) is 11.4 Å². The molecule has 0 bridgehead atoms. The molecule has 2 heterocycles. The Morgan fingerprint density at radius 3 is 2.46 bits per heavy atom. The molecule has 1 saturated carbocycles. The summed E-state index contributed by atoms with van der Waals surface area (Å²) in [6.45, 7) is 0.472. The summed E-state index contributed by atoms with van der Waals surface area (Å²) in [5.41, 5.74) is 4.58. The first-order valence-electron chi connectivity index (χ1n) is 9.87. The number of nitrogens with one attached hydrogen (secondary N) is 3. The molecular formula is C22H25N5O. The van der Waals surface area contributed by atoms with Crippen molar-refractivity contribution < 1.29 is 4.79 Å². The summed E-state index contributed by atoms with van der Waals surface area (Å²) in [5, 5.41) is 13.5. The van der Waals surface area contributed by atoms with Gasteiger partial charge in [-0.3, -0.25) is 14.9 Å². The monoisotopic (exact) mass is 375 g/mol. The van der Waals surface area contributed by atoms with Crippen LogP contribution in [-0.4, -0.2) is 21.1 Å². The zero-order valence-electron chi connectivity index (χ0n) is 15.8. The van der Waals surface area contributed by atoms with Crippen LogP contribution in [0.15, 0.2) is 54.9 Å². The second kappa shape index (κ2) is 8.69. The number of hydrogen-bond donors (Lipinski definition) is 3. The molecule has 0 radical (unpaired) electrons. The highest BCUT2D eigenvalue weighted by Gasteiger charge is 2.19. The van der Waals surface area contributed by atoms with Crippen molar-refractivity contribution in [1.29, 1.82) is 0 Å². The number of H-pyrrole nitrogens is 1. The van der Waals surface area contributed by atoms with E-state index in [2.05, 4.69) is 25.8 Å². The van der Waals surface area contributed by atoms with Crippen LogP contribution in [0.3, 0.4) is 0 Å². The molecule has 2 aromatic heterocycles. The molecule has 1 aromatic carbocycles. The van der Waals surface area contributed by atoms with Gasteiger partial charge in [0.1, 0.15) is 5.69 Å². The largest absolute Gasteiger partial charge is 0.355 e. The van der Waals surface area contributed by atoms with E-state index < -0.39 is 0 Å². The molecule has 0 saturated heterocycles. The van der Waals surface area contributed by atoms with E-state index in [0.717, 1.165) is 22.6 Å². The van der Waals surface area contributed by atoms with Crippen molar-refractivity contribution in [2.24, 2.45) is 0 Å². The number of nitrogens with zero attached hydrogens (tertiary/aromatic N) is 2. The summed E-state index contributed by atoms with van der Waals surface area (Å²) in [6.07, 6.45) is 9.71. The maximum Gasteiger partial charge on any atom is 0.272 e. The molecule has 28 heavy (non-hydrogen) atoms. The maximum absolute atomic E-state index is 12.4. The summed E-state index contributed by atoms with van der Waals surface area (Å²) in [4.78, 5) is 16.4. The zero-order chi connectivity index (χ0) is 19.2. The first-order chi connectivity index (χ1) is 13.8. The second-order valence-corrected chi connectivity index (χ2v) is 7.28. The maximum atomic E-state index is 12.4. The molecule has 0 spiro atoms. The van der Waals surface area contributed by atoms with Gasteiger partial charge in [-0.2, -0.15) is 5.10 Å². The normalized spacial score (nSPS) is 14.6. The molecular weight excluding hydrogens is 350 g/mol. The highest BCUT2D eigenvalue weighted by Crippen LogP contribution is 2.31. The van der Waals surface area contributed by atoms with Gasteiger partial charge >= 0.3 is 0 Å². The van der Waals surface area contributed by atoms with E-state index in [-0.39, 0.29) is 5.91 Å². The number of pyridine rings is 1. The molecule has 6 heteroatoms. The van der Waals surface area contributed by atoms with Crippen molar-refractivity contribution in [2.45, 2.75) is 44.6 Å². The zero-order valence-corrected chi connectivity index (χ0v) is 15.8. The van der Waals surface area contributed by atoms with Crippen LogP contribution in [0.25, 0.3) is 0 Å². The van der Waals surface area contributed by atoms with E-state index in [1.807, 2.05) is 42.5 Å². The van der Waals surface area contributed by atoms with E-state index in [1.165, 1.54) is 32.1 Å². The fraction of sp³-hybridized carbons (Fsp3) is 0.318. The molecule has 1 aliphatic carbocycles. The van der Waals surface area contributed by atoms with Crippen molar-refractivity contribution in [2.75, 3.05) is 5.32 Å². The molecule has 0 unspecified atom stereocenters. The Morgan fingerprint density at radius 1 is 1.00 bits per heavy atom. The Labute approximate surface area is 164 Å². The Morgan fingerprint density at radius 2 is 1.71 bits per heavy atom. The van der Waals surface area contributed by atoms with Crippen LogP contribution in [0, 0.1) is 0 Å². The van der Waals surface area contributed by atoms with Crippen molar-refractivity contribution in [1.82, 2.24) is 20.5 Å². The van der Waals surface area contributed by atoms with Gasteiger partial charge in [0.15, 0.2) is 0 Å². The van der Waals surface area contributed by atoms with Crippen LogP contribution < -0.4 is 10.6 Å². The summed E-state index contributed by atoms with van der Waals surface area (Å²) < 4.78 is 0. The van der Waals surface area contributed by atoms with E-state index in [9.17, 15) is 4.79 Å². The number of aromatic amines is 1. The fourth-order valence-electron chi connectivity index (χ4n) is 3.66. The Balaban J connectivity index is 1.30. The standard InChI is InChI=1S/C22H25N5O/c28-22(21-14-20(26-27-21)17-4-2-1-3-5-17)24-15-16-6-8-18(9-7-16)25-19-10-12-23-13-11-19/h6-14,17H,1-5,15H2,(H,23,25)(H,24,28)(H,26,27). The summed E-state index contributed by atoms with van der Waals surface area (Å²) in [5.74, 6) is 0.375. The molecule has 0 atom stereocenters. The van der Waals surface area contributed by atoms with Gasteiger partial charge in [-0.25, -0.2) is 0 Å². The minimum Gasteiger partial charge on any atom is -0.355 e. The molecule has 4 rings (SSSR count). The number of carbonyl (C=O) groups is 1. The quantitative estimate of drug-likeness (QED) is 0.591. The number of carbonyl (C=O) groups excluding carboxylic acids is 1. The van der Waals surface area contributed by atoms with Crippen molar-refractivity contribution in [3.8, 4) is 0 Å². The van der Waals surface area contributed by atoms with Gasteiger partial charge in [0, 0.05) is 41.9 Å². The van der Waals surface area contributed by atoms with Crippen molar-refractivity contribution >= 4 is 17.3 Å². The lowest BCUT2D eigenvalue weighted by Gasteiger charge is -2.19. The number of benzene rings is 1. The fourth-order valence-corrected chi connectivity index (χ4v) is 3.66. The lowest BCUT2D eigenvalue weighted by molar-refractivity contribution is 0.0946.